The van der Waals surface area contributed by atoms with E-state index in [-0.39, 0.29) is 29.2 Å². The van der Waals surface area contributed by atoms with Crippen LogP contribution in [0.5, 0.6) is 0 Å². The maximum absolute atomic E-state index is 11.3. The zero-order valence-electron chi connectivity index (χ0n) is 9.71. The molecular weight excluding hydrogens is 270 g/mol. The highest BCUT2D eigenvalue weighted by Gasteiger charge is 2.20. The summed E-state index contributed by atoms with van der Waals surface area (Å²) in [4.78, 5) is 25.0. The largest absolute Gasteiger partial charge is 0.478 e. The van der Waals surface area contributed by atoms with Crippen molar-refractivity contribution in [2.45, 2.75) is 0 Å². The lowest BCUT2D eigenvalue weighted by Crippen LogP contribution is -2.13. The number of hydrogen-bond donors (Lipinski definition) is 4. The fourth-order valence-corrected chi connectivity index (χ4v) is 1.74. The lowest BCUT2D eigenvalue weighted by molar-refractivity contribution is 0.0698. The Balaban J connectivity index is 0.00000180. The number of nitrogens with two attached hydrogens (primary N) is 2. The molecule has 0 aliphatic rings. The molecule has 0 bridgehead atoms. The van der Waals surface area contributed by atoms with Crippen LogP contribution in [0, 0.1) is 0 Å². The molecule has 1 aromatic heterocycles. The number of carbonyl (C=O) groups is 2. The number of nitrogen functional groups attached to an aromatic ring is 1. The van der Waals surface area contributed by atoms with Gasteiger partial charge in [-0.3, -0.25) is 4.79 Å². The molecule has 2 aromatic rings. The molecule has 2 rings (SSSR count). The van der Waals surface area contributed by atoms with E-state index in [1.165, 1.54) is 6.20 Å². The van der Waals surface area contributed by atoms with Crippen molar-refractivity contribution in [3.63, 3.8) is 0 Å². The predicted octanol–water partition coefficient (Wildman–Crippen LogP) is 1.48. The molecule has 0 fully saturated rings. The molecule has 100 valence electrons. The number of benzene rings is 1. The molecule has 0 aliphatic carbocycles. The Morgan fingerprint density at radius 1 is 1.16 bits per heavy atom. The van der Waals surface area contributed by atoms with E-state index in [0.717, 1.165) is 0 Å². The molecule has 0 saturated carbocycles. The zero-order valence-corrected chi connectivity index (χ0v) is 10.5. The Labute approximate surface area is 114 Å². The number of carbonyl (C=O) groups excluding carboxylic acids is 1. The number of aromatic nitrogens is 1. The highest BCUT2D eigenvalue weighted by molar-refractivity contribution is 6.06. The third kappa shape index (κ3) is 2.69. The van der Waals surface area contributed by atoms with Gasteiger partial charge in [0.15, 0.2) is 0 Å². The van der Waals surface area contributed by atoms with Crippen LogP contribution < -0.4 is 11.5 Å². The minimum absolute atomic E-state index is 0. The van der Waals surface area contributed by atoms with Crippen molar-refractivity contribution in [2.24, 2.45) is 5.73 Å². The monoisotopic (exact) mass is 281 g/mol. The Kier molecular flexibility index (Phi) is 4.18. The first-order valence-electron chi connectivity index (χ1n) is 5.11. The second-order valence-electron chi connectivity index (χ2n) is 3.74. The summed E-state index contributed by atoms with van der Waals surface area (Å²) in [5.74, 6) is -1.85. The maximum atomic E-state index is 11.3. The molecule has 1 heterocycles. The van der Waals surface area contributed by atoms with Crippen LogP contribution in [0.25, 0.3) is 11.1 Å². The molecule has 0 radical (unpaired) electrons. The normalized spacial score (nSPS) is 9.68. The summed E-state index contributed by atoms with van der Waals surface area (Å²) in [5.41, 5.74) is 12.2. The van der Waals surface area contributed by atoms with E-state index in [1.807, 2.05) is 0 Å². The number of aromatic amines is 1. The van der Waals surface area contributed by atoms with Crippen LogP contribution in [-0.4, -0.2) is 22.0 Å². The first kappa shape index (κ1) is 14.6. The molecule has 0 atom stereocenters. The number of anilines is 1. The van der Waals surface area contributed by atoms with Gasteiger partial charge < -0.3 is 21.6 Å². The summed E-state index contributed by atoms with van der Waals surface area (Å²) >= 11 is 0. The summed E-state index contributed by atoms with van der Waals surface area (Å²) in [7, 11) is 0. The van der Waals surface area contributed by atoms with Gasteiger partial charge in [-0.15, -0.1) is 12.4 Å². The smallest absolute Gasteiger partial charge is 0.337 e. The van der Waals surface area contributed by atoms with Crippen molar-refractivity contribution in [3.8, 4) is 11.1 Å². The molecule has 1 aromatic carbocycles. The van der Waals surface area contributed by atoms with Crippen LogP contribution >= 0.6 is 12.4 Å². The number of primary amides is 1. The zero-order chi connectivity index (χ0) is 13.3. The van der Waals surface area contributed by atoms with Crippen molar-refractivity contribution in [3.05, 3.63) is 41.7 Å². The van der Waals surface area contributed by atoms with Crippen molar-refractivity contribution in [1.82, 2.24) is 4.98 Å². The number of carboxylic acids is 1. The van der Waals surface area contributed by atoms with Crippen LogP contribution in [-0.2, 0) is 0 Å². The second-order valence-corrected chi connectivity index (χ2v) is 3.74. The minimum atomic E-state index is -1.13. The van der Waals surface area contributed by atoms with Gasteiger partial charge in [0.1, 0.15) is 5.69 Å². The SMILES string of the molecule is Cl.NC(=O)c1[nH]cc(C(=O)O)c1-c1ccc(N)cc1. The molecule has 0 unspecified atom stereocenters. The van der Waals surface area contributed by atoms with Gasteiger partial charge in [0.05, 0.1) is 5.56 Å². The number of nitrogens with one attached hydrogen (secondary N) is 1. The van der Waals surface area contributed by atoms with Gasteiger partial charge >= 0.3 is 5.97 Å². The third-order valence-electron chi connectivity index (χ3n) is 2.56. The third-order valence-corrected chi connectivity index (χ3v) is 2.56. The quantitative estimate of drug-likeness (QED) is 0.636. The van der Waals surface area contributed by atoms with Gasteiger partial charge in [0, 0.05) is 17.4 Å². The number of aromatic carboxylic acids is 1. The van der Waals surface area contributed by atoms with E-state index < -0.39 is 11.9 Å². The molecule has 7 heteroatoms. The fraction of sp³-hybridized carbons (Fsp3) is 0. The Bertz CT molecular complexity index is 588. The highest BCUT2D eigenvalue weighted by atomic mass is 35.5. The summed E-state index contributed by atoms with van der Waals surface area (Å²) in [6, 6.07) is 6.52. The second kappa shape index (κ2) is 5.45. The molecule has 0 spiro atoms. The van der Waals surface area contributed by atoms with Crippen LogP contribution in [0.4, 0.5) is 5.69 Å². The van der Waals surface area contributed by atoms with E-state index in [2.05, 4.69) is 4.98 Å². The maximum Gasteiger partial charge on any atom is 0.337 e. The molecular formula is C12H12ClN3O3. The Hall–Kier alpha value is -2.47. The molecule has 19 heavy (non-hydrogen) atoms. The standard InChI is InChI=1S/C12H11N3O3.ClH/c13-7-3-1-6(2-4-7)9-8(12(17)18)5-15-10(9)11(14)16;/h1-5,15H,13H2,(H2,14,16)(H,17,18);1H. The summed E-state index contributed by atoms with van der Waals surface area (Å²) in [5, 5.41) is 9.08. The van der Waals surface area contributed by atoms with Crippen molar-refractivity contribution in [1.29, 1.82) is 0 Å². The fourth-order valence-electron chi connectivity index (χ4n) is 1.74. The molecule has 1 amide bonds. The van der Waals surface area contributed by atoms with E-state index in [0.29, 0.717) is 11.3 Å². The van der Waals surface area contributed by atoms with Gasteiger partial charge in [0.25, 0.3) is 5.91 Å². The molecule has 6 N–H and O–H groups in total. The Morgan fingerprint density at radius 2 is 1.74 bits per heavy atom. The predicted molar refractivity (Wildman–Crippen MR) is 73.4 cm³/mol. The first-order valence-corrected chi connectivity index (χ1v) is 5.11. The van der Waals surface area contributed by atoms with Crippen LogP contribution in [0.15, 0.2) is 30.5 Å². The summed E-state index contributed by atoms with van der Waals surface area (Å²) < 4.78 is 0. The van der Waals surface area contributed by atoms with Crippen LogP contribution in [0.2, 0.25) is 0 Å². The van der Waals surface area contributed by atoms with E-state index in [9.17, 15) is 9.59 Å². The number of halogens is 1. The number of carboxylic acid groups (broad SMARTS) is 1. The average Bonchev–Trinajstić information content (AvgIpc) is 2.74. The lowest BCUT2D eigenvalue weighted by Gasteiger charge is -2.04. The van der Waals surface area contributed by atoms with Gasteiger partial charge in [-0.25, -0.2) is 4.79 Å². The van der Waals surface area contributed by atoms with Gasteiger partial charge in [0.2, 0.25) is 0 Å². The van der Waals surface area contributed by atoms with Crippen LogP contribution in [0.3, 0.4) is 0 Å². The number of amides is 1. The van der Waals surface area contributed by atoms with Crippen molar-refractivity contribution < 1.29 is 14.7 Å². The summed E-state index contributed by atoms with van der Waals surface area (Å²) in [6.07, 6.45) is 1.24. The minimum Gasteiger partial charge on any atom is -0.478 e. The highest BCUT2D eigenvalue weighted by Crippen LogP contribution is 2.28. The van der Waals surface area contributed by atoms with E-state index in [4.69, 9.17) is 16.6 Å². The molecule has 6 nitrogen and oxygen atoms in total. The van der Waals surface area contributed by atoms with E-state index in [1.54, 1.807) is 24.3 Å². The lowest BCUT2D eigenvalue weighted by atomic mass is 10.0. The Morgan fingerprint density at radius 3 is 2.21 bits per heavy atom. The first-order chi connectivity index (χ1) is 8.50. The van der Waals surface area contributed by atoms with Gasteiger partial charge in [-0.1, -0.05) is 12.1 Å². The number of H-pyrrole nitrogens is 1. The van der Waals surface area contributed by atoms with Crippen LogP contribution in [0.1, 0.15) is 20.8 Å². The van der Waals surface area contributed by atoms with Gasteiger partial charge in [-0.05, 0) is 17.7 Å². The molecule has 0 saturated heterocycles. The van der Waals surface area contributed by atoms with Crippen molar-refractivity contribution >= 4 is 30.0 Å². The number of hydrogen-bond acceptors (Lipinski definition) is 3. The average molecular weight is 282 g/mol. The summed E-state index contributed by atoms with van der Waals surface area (Å²) in [6.45, 7) is 0. The van der Waals surface area contributed by atoms with Crippen molar-refractivity contribution in [2.75, 3.05) is 5.73 Å². The van der Waals surface area contributed by atoms with E-state index >= 15 is 0 Å². The topological polar surface area (TPSA) is 122 Å². The van der Waals surface area contributed by atoms with Gasteiger partial charge in [-0.2, -0.15) is 0 Å². The number of rotatable bonds is 3. The molecule has 0 aliphatic heterocycles.